The Morgan fingerprint density at radius 3 is 2.33 bits per heavy atom. The first-order chi connectivity index (χ1) is 14.1. The van der Waals surface area contributed by atoms with Crippen LogP contribution in [0.5, 0.6) is 11.8 Å². The number of esters is 1. The summed E-state index contributed by atoms with van der Waals surface area (Å²) in [5.41, 5.74) is 0.663. The van der Waals surface area contributed by atoms with Gasteiger partial charge in [0.15, 0.2) is 5.78 Å². The van der Waals surface area contributed by atoms with Crippen LogP contribution in [0, 0.1) is 0 Å². The first kappa shape index (κ1) is 23.5. The molecule has 0 atom stereocenters. The molecule has 0 spiro atoms. The van der Waals surface area contributed by atoms with E-state index in [0.717, 1.165) is 9.99 Å². The quantitative estimate of drug-likeness (QED) is 0.354. The Labute approximate surface area is 184 Å². The van der Waals surface area contributed by atoms with Crippen LogP contribution >= 0.6 is 15.9 Å². The number of ether oxygens (including phenoxy) is 2. The van der Waals surface area contributed by atoms with E-state index in [1.165, 1.54) is 6.92 Å². The lowest BCUT2D eigenvalue weighted by Gasteiger charge is -2.19. The van der Waals surface area contributed by atoms with Crippen LogP contribution in [-0.4, -0.2) is 31.9 Å². The van der Waals surface area contributed by atoms with Gasteiger partial charge in [-0.3, -0.25) is 9.59 Å². The van der Waals surface area contributed by atoms with Crippen LogP contribution in [-0.2, 0) is 16.1 Å². The molecule has 3 rings (SSSR count). The fourth-order valence-electron chi connectivity index (χ4n) is 2.72. The molecule has 0 aliphatic heterocycles. The summed E-state index contributed by atoms with van der Waals surface area (Å²) in [6.45, 7) is 10.9. The summed E-state index contributed by atoms with van der Waals surface area (Å²) in [5.74, 6) is 0.0143. The highest BCUT2D eigenvalue weighted by Gasteiger charge is 2.19. The van der Waals surface area contributed by atoms with E-state index in [0.29, 0.717) is 16.7 Å². The highest BCUT2D eigenvalue weighted by molar-refractivity contribution is 9.10. The van der Waals surface area contributed by atoms with Crippen molar-refractivity contribution < 1.29 is 19.1 Å². The molecule has 0 fully saturated rings. The number of aromatic nitrogens is 3. The van der Waals surface area contributed by atoms with E-state index in [1.54, 1.807) is 41.4 Å². The van der Waals surface area contributed by atoms with E-state index in [1.807, 2.05) is 34.6 Å². The number of Topliss-reactive ketones (excluding diaryl/α,β-unsaturated/α-hetero) is 1. The van der Waals surface area contributed by atoms with Gasteiger partial charge in [0.05, 0.1) is 4.47 Å². The lowest BCUT2D eigenvalue weighted by atomic mass is 10.1. The number of carbonyl (C=O) groups is 2. The Morgan fingerprint density at radius 1 is 1.13 bits per heavy atom. The summed E-state index contributed by atoms with van der Waals surface area (Å²) in [7, 11) is 0. The fraction of sp³-hybridized carbons (Fsp3) is 0.364. The summed E-state index contributed by atoms with van der Waals surface area (Å²) in [4.78, 5) is 32.5. The van der Waals surface area contributed by atoms with E-state index in [9.17, 15) is 9.59 Å². The molecule has 0 radical (unpaired) electrons. The van der Waals surface area contributed by atoms with Crippen LogP contribution in [0.3, 0.4) is 0 Å². The molecule has 30 heavy (non-hydrogen) atoms. The number of carbonyl (C=O) groups excluding carboxylic acids is 2. The Balaban J connectivity index is 0.00000155. The first-order valence-corrected chi connectivity index (χ1v) is 10.4. The maximum absolute atomic E-state index is 12.2. The van der Waals surface area contributed by atoms with Crippen molar-refractivity contribution in [3.05, 3.63) is 46.8 Å². The van der Waals surface area contributed by atoms with Gasteiger partial charge in [0.25, 0.3) is 0 Å². The van der Waals surface area contributed by atoms with E-state index in [-0.39, 0.29) is 24.3 Å². The van der Waals surface area contributed by atoms with Gasteiger partial charge in [0, 0.05) is 35.1 Å². The van der Waals surface area contributed by atoms with E-state index >= 15 is 0 Å². The molecule has 3 aromatic rings. The predicted molar refractivity (Wildman–Crippen MR) is 119 cm³/mol. The summed E-state index contributed by atoms with van der Waals surface area (Å²) in [6, 6.07) is 5.47. The zero-order valence-electron chi connectivity index (χ0n) is 18.0. The predicted octanol–water partition coefficient (Wildman–Crippen LogP) is 5.56. The van der Waals surface area contributed by atoms with Gasteiger partial charge in [0.2, 0.25) is 0 Å². The first-order valence-electron chi connectivity index (χ1n) is 9.63. The van der Waals surface area contributed by atoms with Gasteiger partial charge in [-0.25, -0.2) is 9.97 Å². The normalized spacial score (nSPS) is 10.9. The summed E-state index contributed by atoms with van der Waals surface area (Å²) >= 11 is 3.27. The minimum Gasteiger partial charge on any atom is -0.459 e. The second-order valence-corrected chi connectivity index (χ2v) is 8.19. The molecule has 2 aromatic heterocycles. The summed E-state index contributed by atoms with van der Waals surface area (Å²) in [5, 5.41) is 0.686. The number of nitrogens with zero attached hydrogens (tertiary/aromatic N) is 3. The molecule has 160 valence electrons. The van der Waals surface area contributed by atoms with Crippen LogP contribution in [0.25, 0.3) is 10.9 Å². The summed E-state index contributed by atoms with van der Waals surface area (Å²) < 4.78 is 13.5. The van der Waals surface area contributed by atoms with Crippen molar-refractivity contribution in [2.24, 2.45) is 0 Å². The number of fused-ring (bicyclic) bond motifs is 1. The molecule has 0 amide bonds. The maximum atomic E-state index is 12.2. The van der Waals surface area contributed by atoms with Crippen molar-refractivity contribution in [1.82, 2.24) is 14.5 Å². The average molecular weight is 476 g/mol. The molecule has 0 saturated carbocycles. The fourth-order valence-corrected chi connectivity index (χ4v) is 2.93. The second kappa shape index (κ2) is 9.84. The number of halogens is 1. The minimum atomic E-state index is -0.574. The molecule has 8 heteroatoms. The van der Waals surface area contributed by atoms with Gasteiger partial charge in [-0.05, 0) is 61.8 Å². The second-order valence-electron chi connectivity index (χ2n) is 7.28. The van der Waals surface area contributed by atoms with Crippen molar-refractivity contribution in [3.63, 3.8) is 0 Å². The number of hydrogen-bond acceptors (Lipinski definition) is 6. The molecule has 0 saturated heterocycles. The van der Waals surface area contributed by atoms with Crippen LogP contribution in [0.15, 0.2) is 41.3 Å². The molecule has 0 unspecified atom stereocenters. The van der Waals surface area contributed by atoms with Crippen molar-refractivity contribution in [1.29, 1.82) is 0 Å². The largest absolute Gasteiger partial charge is 0.459 e. The molecule has 2 heterocycles. The van der Waals surface area contributed by atoms with Crippen molar-refractivity contribution in [2.45, 2.75) is 53.7 Å². The van der Waals surface area contributed by atoms with Crippen LogP contribution in [0.2, 0.25) is 0 Å². The van der Waals surface area contributed by atoms with Crippen LogP contribution in [0.4, 0.5) is 0 Å². The third-order valence-corrected chi connectivity index (χ3v) is 4.17. The molecule has 0 aliphatic carbocycles. The molecule has 7 nitrogen and oxygen atoms in total. The SMILES string of the molecule is CC.CC(=O)c1cn(CC(=O)OC(C)(C)C)c2ccc(Oc3ncc(Br)cn3)cc12. The van der Waals surface area contributed by atoms with Crippen LogP contribution in [0.1, 0.15) is 51.9 Å². The van der Waals surface area contributed by atoms with Gasteiger partial charge in [-0.1, -0.05) is 13.8 Å². The van der Waals surface area contributed by atoms with Gasteiger partial charge in [0.1, 0.15) is 17.9 Å². The zero-order chi connectivity index (χ0) is 22.5. The highest BCUT2D eigenvalue weighted by Crippen LogP contribution is 2.28. The minimum absolute atomic E-state index is 0.0110. The van der Waals surface area contributed by atoms with Crippen molar-refractivity contribution in [3.8, 4) is 11.8 Å². The average Bonchev–Trinajstić information content (AvgIpc) is 3.02. The zero-order valence-corrected chi connectivity index (χ0v) is 19.6. The Morgan fingerprint density at radius 2 is 1.77 bits per heavy atom. The molecule has 0 bridgehead atoms. The van der Waals surface area contributed by atoms with Crippen molar-refractivity contribution in [2.75, 3.05) is 0 Å². The van der Waals surface area contributed by atoms with Gasteiger partial charge in [-0.2, -0.15) is 0 Å². The molecule has 0 aliphatic rings. The maximum Gasteiger partial charge on any atom is 0.326 e. The third kappa shape index (κ3) is 6.13. The molecule has 0 N–H and O–H groups in total. The lowest BCUT2D eigenvalue weighted by Crippen LogP contribution is -2.26. The topological polar surface area (TPSA) is 83.3 Å². The lowest BCUT2D eigenvalue weighted by molar-refractivity contribution is -0.155. The van der Waals surface area contributed by atoms with E-state index in [2.05, 4.69) is 25.9 Å². The van der Waals surface area contributed by atoms with Gasteiger partial charge in [-0.15, -0.1) is 0 Å². The molecular formula is C22H26BrN3O4. The smallest absolute Gasteiger partial charge is 0.326 e. The van der Waals surface area contributed by atoms with E-state index in [4.69, 9.17) is 9.47 Å². The van der Waals surface area contributed by atoms with Gasteiger partial charge >= 0.3 is 12.0 Å². The Hall–Kier alpha value is -2.74. The number of benzene rings is 1. The Kier molecular flexibility index (Phi) is 7.72. The van der Waals surface area contributed by atoms with Crippen molar-refractivity contribution >= 4 is 38.6 Å². The molecule has 1 aromatic carbocycles. The monoisotopic (exact) mass is 475 g/mol. The number of hydrogen-bond donors (Lipinski definition) is 0. The number of ketones is 1. The van der Waals surface area contributed by atoms with E-state index < -0.39 is 5.60 Å². The highest BCUT2D eigenvalue weighted by atomic mass is 79.9. The van der Waals surface area contributed by atoms with Crippen LogP contribution < -0.4 is 4.74 Å². The Bertz CT molecular complexity index is 1040. The summed E-state index contributed by atoms with van der Waals surface area (Å²) in [6.07, 6.45) is 4.83. The number of rotatable bonds is 5. The standard InChI is InChI=1S/C20H20BrN3O4.C2H6/c1-12(25)16-10-24(11-18(26)28-20(2,3)4)17-6-5-14(7-15(16)17)27-19-22-8-13(21)9-23-19;1-2/h5-10H,11H2,1-4H3;1-2H3. The third-order valence-electron chi connectivity index (χ3n) is 3.76. The van der Waals surface area contributed by atoms with Gasteiger partial charge < -0.3 is 14.0 Å². The molecular weight excluding hydrogens is 450 g/mol.